The molecule has 0 radical (unpaired) electrons. The van der Waals surface area contributed by atoms with Gasteiger partial charge in [0.15, 0.2) is 11.5 Å². The van der Waals surface area contributed by atoms with Crippen LogP contribution in [0.25, 0.3) is 0 Å². The molecule has 3 rings (SSSR count). The van der Waals surface area contributed by atoms with Crippen molar-refractivity contribution in [3.05, 3.63) is 47.0 Å². The maximum absolute atomic E-state index is 6.48. The number of hydrogen-bond acceptors (Lipinski definition) is 5. The summed E-state index contributed by atoms with van der Waals surface area (Å²) in [5.74, 6) is 1.86. The summed E-state index contributed by atoms with van der Waals surface area (Å²) in [6.07, 6.45) is 5.76. The number of halogens is 1. The number of benzene rings is 1. The highest BCUT2D eigenvalue weighted by molar-refractivity contribution is 6.31. The predicted molar refractivity (Wildman–Crippen MR) is 98.5 cm³/mol. The lowest BCUT2D eigenvalue weighted by Gasteiger charge is -2.32. The van der Waals surface area contributed by atoms with Gasteiger partial charge in [-0.3, -0.25) is 4.90 Å². The molecule has 1 aliphatic rings. The van der Waals surface area contributed by atoms with E-state index in [1.54, 1.807) is 13.4 Å². The number of aromatic nitrogens is 2. The predicted octanol–water partition coefficient (Wildman–Crippen LogP) is 3.92. The third kappa shape index (κ3) is 4.41. The first-order valence-electron chi connectivity index (χ1n) is 8.68. The molecule has 0 saturated carbocycles. The molecule has 0 aliphatic carbocycles. The van der Waals surface area contributed by atoms with Gasteiger partial charge in [-0.25, -0.2) is 9.97 Å². The number of hydrogen-bond donors (Lipinski definition) is 0. The molecule has 2 aromatic rings. The van der Waals surface area contributed by atoms with Crippen molar-refractivity contribution in [3.63, 3.8) is 0 Å². The number of likely N-dealkylation sites (tertiary alicyclic amines) is 1. The number of rotatable bonds is 6. The van der Waals surface area contributed by atoms with Crippen LogP contribution in [-0.4, -0.2) is 41.7 Å². The second-order valence-corrected chi connectivity index (χ2v) is 6.64. The van der Waals surface area contributed by atoms with Crippen LogP contribution in [0.15, 0.2) is 30.7 Å². The number of ether oxygens (including phenoxy) is 2. The molecule has 0 bridgehead atoms. The Labute approximate surface area is 153 Å². The fraction of sp³-hybridized carbons (Fsp3) is 0.474. The Balaban J connectivity index is 1.73. The van der Waals surface area contributed by atoms with E-state index in [4.69, 9.17) is 21.1 Å². The van der Waals surface area contributed by atoms with Gasteiger partial charge in [0, 0.05) is 42.0 Å². The first-order chi connectivity index (χ1) is 12.2. The third-order valence-electron chi connectivity index (χ3n) is 4.56. The topological polar surface area (TPSA) is 47.5 Å². The average Bonchev–Trinajstić information content (AvgIpc) is 2.65. The fourth-order valence-corrected chi connectivity index (χ4v) is 3.56. The summed E-state index contributed by atoms with van der Waals surface area (Å²) < 4.78 is 11.0. The van der Waals surface area contributed by atoms with Crippen LogP contribution < -0.4 is 9.47 Å². The molecule has 0 amide bonds. The maximum atomic E-state index is 6.48. The SMILES string of the molecule is CCOc1cc(Cl)c(CN2CCC[C@@H](c3ccncn3)C2)cc1OC. The van der Waals surface area contributed by atoms with Gasteiger partial charge in [-0.05, 0) is 44.0 Å². The van der Waals surface area contributed by atoms with Gasteiger partial charge < -0.3 is 9.47 Å². The van der Waals surface area contributed by atoms with Gasteiger partial charge in [0.05, 0.1) is 13.7 Å². The van der Waals surface area contributed by atoms with E-state index >= 15 is 0 Å². The molecule has 1 saturated heterocycles. The Kier molecular flexibility index (Phi) is 6.10. The minimum atomic E-state index is 0.445. The zero-order valence-corrected chi connectivity index (χ0v) is 15.5. The van der Waals surface area contributed by atoms with Crippen LogP contribution in [0.5, 0.6) is 11.5 Å². The molecule has 134 valence electrons. The highest BCUT2D eigenvalue weighted by atomic mass is 35.5. The zero-order chi connectivity index (χ0) is 17.6. The van der Waals surface area contributed by atoms with Crippen molar-refractivity contribution < 1.29 is 9.47 Å². The molecule has 5 nitrogen and oxygen atoms in total. The van der Waals surface area contributed by atoms with Crippen molar-refractivity contribution >= 4 is 11.6 Å². The molecular formula is C19H24ClN3O2. The summed E-state index contributed by atoms with van der Waals surface area (Å²) >= 11 is 6.48. The summed E-state index contributed by atoms with van der Waals surface area (Å²) in [4.78, 5) is 10.9. The van der Waals surface area contributed by atoms with Crippen LogP contribution in [-0.2, 0) is 6.54 Å². The number of piperidine rings is 1. The molecule has 0 spiro atoms. The lowest BCUT2D eigenvalue weighted by atomic mass is 9.94. The van der Waals surface area contributed by atoms with E-state index in [9.17, 15) is 0 Å². The monoisotopic (exact) mass is 361 g/mol. The quantitative estimate of drug-likeness (QED) is 0.780. The normalized spacial score (nSPS) is 18.1. The molecule has 0 unspecified atom stereocenters. The summed E-state index contributed by atoms with van der Waals surface area (Å²) in [5.41, 5.74) is 2.18. The lowest BCUT2D eigenvalue weighted by Crippen LogP contribution is -2.34. The van der Waals surface area contributed by atoms with Gasteiger partial charge in [-0.1, -0.05) is 11.6 Å². The summed E-state index contributed by atoms with van der Waals surface area (Å²) in [7, 11) is 1.65. The van der Waals surface area contributed by atoms with Crippen molar-refractivity contribution in [2.24, 2.45) is 0 Å². The van der Waals surface area contributed by atoms with Crippen molar-refractivity contribution in [1.29, 1.82) is 0 Å². The minimum Gasteiger partial charge on any atom is -0.493 e. The minimum absolute atomic E-state index is 0.445. The number of methoxy groups -OCH3 is 1. The summed E-state index contributed by atoms with van der Waals surface area (Å²) in [5, 5.41) is 0.716. The molecule has 1 aliphatic heterocycles. The van der Waals surface area contributed by atoms with E-state index in [0.717, 1.165) is 49.5 Å². The van der Waals surface area contributed by atoms with Gasteiger partial charge in [0.25, 0.3) is 0 Å². The van der Waals surface area contributed by atoms with E-state index in [0.29, 0.717) is 23.3 Å². The van der Waals surface area contributed by atoms with Crippen LogP contribution in [0.2, 0.25) is 5.02 Å². The zero-order valence-electron chi connectivity index (χ0n) is 14.7. The van der Waals surface area contributed by atoms with E-state index in [-0.39, 0.29) is 0 Å². The summed E-state index contributed by atoms with van der Waals surface area (Å²) in [6.45, 7) is 5.36. The Bertz CT molecular complexity index is 697. The first kappa shape index (κ1) is 18.0. The summed E-state index contributed by atoms with van der Waals surface area (Å²) in [6, 6.07) is 5.85. The molecule has 6 heteroatoms. The van der Waals surface area contributed by atoms with E-state index in [2.05, 4.69) is 14.9 Å². The third-order valence-corrected chi connectivity index (χ3v) is 4.91. The first-order valence-corrected chi connectivity index (χ1v) is 9.06. The highest BCUT2D eigenvalue weighted by Crippen LogP contribution is 2.35. The largest absolute Gasteiger partial charge is 0.493 e. The van der Waals surface area contributed by atoms with Crippen LogP contribution in [0.4, 0.5) is 0 Å². The van der Waals surface area contributed by atoms with Gasteiger partial charge in [-0.2, -0.15) is 0 Å². The van der Waals surface area contributed by atoms with Gasteiger partial charge in [0.2, 0.25) is 0 Å². The van der Waals surface area contributed by atoms with Crippen molar-refractivity contribution in [2.45, 2.75) is 32.2 Å². The molecule has 1 aromatic heterocycles. The highest BCUT2D eigenvalue weighted by Gasteiger charge is 2.23. The van der Waals surface area contributed by atoms with Crippen LogP contribution in [0.3, 0.4) is 0 Å². The smallest absolute Gasteiger partial charge is 0.162 e. The standard InChI is InChI=1S/C19H24ClN3O2/c1-3-25-19-10-16(20)15(9-18(19)24-2)12-23-8-4-5-14(11-23)17-6-7-21-13-22-17/h6-7,9-10,13-14H,3-5,8,11-12H2,1-2H3/t14-/m1/s1. The van der Waals surface area contributed by atoms with Gasteiger partial charge >= 0.3 is 0 Å². The van der Waals surface area contributed by atoms with Crippen molar-refractivity contribution in [1.82, 2.24) is 14.9 Å². The van der Waals surface area contributed by atoms with Crippen LogP contribution in [0, 0.1) is 0 Å². The maximum Gasteiger partial charge on any atom is 0.162 e. The fourth-order valence-electron chi connectivity index (χ4n) is 3.35. The second kappa shape index (κ2) is 8.50. The Hall–Kier alpha value is -1.85. The molecule has 1 atom stereocenters. The molecule has 1 fully saturated rings. The Morgan fingerprint density at radius 3 is 2.92 bits per heavy atom. The molecule has 1 aromatic carbocycles. The number of nitrogens with zero attached hydrogens (tertiary/aromatic N) is 3. The average molecular weight is 362 g/mol. The van der Waals surface area contributed by atoms with Crippen LogP contribution >= 0.6 is 11.6 Å². The van der Waals surface area contributed by atoms with Gasteiger partial charge in [-0.15, -0.1) is 0 Å². The van der Waals surface area contributed by atoms with E-state index in [1.807, 2.05) is 31.3 Å². The molecular weight excluding hydrogens is 338 g/mol. The molecule has 25 heavy (non-hydrogen) atoms. The van der Waals surface area contributed by atoms with E-state index < -0.39 is 0 Å². The van der Waals surface area contributed by atoms with Crippen molar-refractivity contribution in [2.75, 3.05) is 26.8 Å². The Morgan fingerprint density at radius 2 is 2.20 bits per heavy atom. The Morgan fingerprint density at radius 1 is 1.32 bits per heavy atom. The van der Waals surface area contributed by atoms with E-state index in [1.165, 1.54) is 0 Å². The van der Waals surface area contributed by atoms with Crippen LogP contribution in [0.1, 0.15) is 36.9 Å². The molecule has 2 heterocycles. The second-order valence-electron chi connectivity index (χ2n) is 6.24. The van der Waals surface area contributed by atoms with Gasteiger partial charge in [0.1, 0.15) is 6.33 Å². The molecule has 0 N–H and O–H groups in total. The lowest BCUT2D eigenvalue weighted by molar-refractivity contribution is 0.198. The van der Waals surface area contributed by atoms with Crippen molar-refractivity contribution in [3.8, 4) is 11.5 Å².